The Kier molecular flexibility index (Phi) is 3.62. The first-order valence-electron chi connectivity index (χ1n) is 7.68. The van der Waals surface area contributed by atoms with E-state index in [2.05, 4.69) is 5.10 Å². The Labute approximate surface area is 151 Å². The van der Waals surface area contributed by atoms with E-state index < -0.39 is 21.9 Å². The smallest absolute Gasteiger partial charge is 0.292 e. The zero-order chi connectivity index (χ0) is 19.6. The van der Waals surface area contributed by atoms with Crippen molar-refractivity contribution in [2.45, 2.75) is 11.1 Å². The van der Waals surface area contributed by atoms with Crippen LogP contribution in [0.5, 0.6) is 0 Å². The number of fused-ring (bicyclic) bond motifs is 3. The number of benzene rings is 2. The summed E-state index contributed by atoms with van der Waals surface area (Å²) in [5.74, 6) is 0. The van der Waals surface area contributed by atoms with Crippen molar-refractivity contribution in [3.05, 3.63) is 54.2 Å². The lowest BCUT2D eigenvalue weighted by atomic mass is 10.2. The lowest BCUT2D eigenvalue weighted by Gasteiger charge is -2.10. The molecule has 4 rings (SSSR count). The number of hydrogen-bond donors (Lipinski definition) is 1. The van der Waals surface area contributed by atoms with Crippen LogP contribution < -0.4 is 0 Å². The van der Waals surface area contributed by atoms with Crippen molar-refractivity contribution in [1.29, 1.82) is 0 Å². The van der Waals surface area contributed by atoms with Crippen molar-refractivity contribution in [2.75, 3.05) is 0 Å². The maximum Gasteiger partial charge on any atom is 0.416 e. The molecule has 1 N–H and O–H groups in total. The molecule has 6 nitrogen and oxygen atoms in total. The van der Waals surface area contributed by atoms with Gasteiger partial charge in [-0.05, 0) is 42.5 Å². The quantitative estimate of drug-likeness (QED) is 0.524. The highest BCUT2D eigenvalue weighted by Gasteiger charge is 2.30. The monoisotopic (exact) mass is 395 g/mol. The number of rotatable bonds is 2. The minimum atomic E-state index is -4.44. The lowest BCUT2D eigenvalue weighted by Crippen LogP contribution is -2.05. The highest BCUT2D eigenvalue weighted by molar-refractivity contribution is 7.85. The van der Waals surface area contributed by atoms with E-state index in [1.54, 1.807) is 17.8 Å². The summed E-state index contributed by atoms with van der Waals surface area (Å²) in [6.07, 6.45) is -2.77. The number of halogens is 3. The molecule has 0 atom stereocenters. The molecule has 0 fully saturated rings. The first-order valence-corrected chi connectivity index (χ1v) is 9.12. The molecule has 0 aliphatic heterocycles. The summed E-state index contributed by atoms with van der Waals surface area (Å²) < 4.78 is 73.8. The number of aryl methyl sites for hydroxylation is 1. The van der Waals surface area contributed by atoms with Gasteiger partial charge in [-0.1, -0.05) is 0 Å². The van der Waals surface area contributed by atoms with Gasteiger partial charge in [0.15, 0.2) is 5.65 Å². The van der Waals surface area contributed by atoms with Crippen LogP contribution in [-0.4, -0.2) is 27.3 Å². The minimum absolute atomic E-state index is 0.273. The summed E-state index contributed by atoms with van der Waals surface area (Å²) >= 11 is 0. The zero-order valence-electron chi connectivity index (χ0n) is 13.8. The fourth-order valence-electron chi connectivity index (χ4n) is 3.09. The molecule has 10 heteroatoms. The molecule has 0 spiro atoms. The Bertz CT molecular complexity index is 1290. The molecule has 0 radical (unpaired) electrons. The molecule has 0 saturated carbocycles. The normalized spacial score (nSPS) is 12.9. The molecule has 2 heterocycles. The second-order valence-corrected chi connectivity index (χ2v) is 7.50. The van der Waals surface area contributed by atoms with Crippen LogP contribution in [0.1, 0.15) is 5.56 Å². The van der Waals surface area contributed by atoms with E-state index >= 15 is 0 Å². The van der Waals surface area contributed by atoms with Gasteiger partial charge in [0.05, 0.1) is 16.0 Å². The predicted molar refractivity (Wildman–Crippen MR) is 92.4 cm³/mol. The maximum atomic E-state index is 12.8. The Morgan fingerprint density at radius 1 is 1.04 bits per heavy atom. The van der Waals surface area contributed by atoms with Crippen molar-refractivity contribution in [3.8, 4) is 5.69 Å². The predicted octanol–water partition coefficient (Wildman–Crippen LogP) is 3.78. The molecule has 0 amide bonds. The SMILES string of the molecule is Cn1cc2c3cc(S(=O)(=O)O)ccc3n(-c3ccc(C(F)(F)F)cc3)c2n1. The third-order valence-electron chi connectivity index (χ3n) is 4.27. The van der Waals surface area contributed by atoms with Crippen LogP contribution in [0.25, 0.3) is 27.6 Å². The Balaban J connectivity index is 2.01. The molecule has 0 aliphatic carbocycles. The van der Waals surface area contributed by atoms with Crippen LogP contribution in [0.2, 0.25) is 0 Å². The zero-order valence-corrected chi connectivity index (χ0v) is 14.6. The summed E-state index contributed by atoms with van der Waals surface area (Å²) in [6, 6.07) is 8.63. The van der Waals surface area contributed by atoms with Gasteiger partial charge >= 0.3 is 6.18 Å². The third-order valence-corrected chi connectivity index (χ3v) is 5.12. The van der Waals surface area contributed by atoms with Crippen LogP contribution in [0.3, 0.4) is 0 Å². The van der Waals surface area contributed by atoms with Crippen LogP contribution >= 0.6 is 0 Å². The van der Waals surface area contributed by atoms with Crippen molar-refractivity contribution in [2.24, 2.45) is 7.05 Å². The Morgan fingerprint density at radius 2 is 1.70 bits per heavy atom. The summed E-state index contributed by atoms with van der Waals surface area (Å²) in [7, 11) is -2.72. The molecular weight excluding hydrogens is 383 g/mol. The van der Waals surface area contributed by atoms with E-state index in [1.807, 2.05) is 0 Å². The van der Waals surface area contributed by atoms with Crippen LogP contribution in [-0.2, 0) is 23.3 Å². The van der Waals surface area contributed by atoms with Gasteiger partial charge in [-0.15, -0.1) is 0 Å². The Morgan fingerprint density at radius 3 is 2.30 bits per heavy atom. The lowest BCUT2D eigenvalue weighted by molar-refractivity contribution is -0.137. The molecule has 27 heavy (non-hydrogen) atoms. The van der Waals surface area contributed by atoms with Crippen molar-refractivity contribution in [3.63, 3.8) is 0 Å². The van der Waals surface area contributed by atoms with Crippen molar-refractivity contribution < 1.29 is 26.1 Å². The first kappa shape index (κ1) is 17.6. The van der Waals surface area contributed by atoms with Gasteiger partial charge in [0.1, 0.15) is 0 Å². The number of hydrogen-bond acceptors (Lipinski definition) is 3. The fourth-order valence-corrected chi connectivity index (χ4v) is 3.60. The van der Waals surface area contributed by atoms with Gasteiger partial charge in [0, 0.05) is 29.7 Å². The molecule has 0 unspecified atom stereocenters. The van der Waals surface area contributed by atoms with Gasteiger partial charge in [-0.3, -0.25) is 13.8 Å². The third kappa shape index (κ3) is 2.86. The van der Waals surface area contributed by atoms with E-state index in [0.29, 0.717) is 27.6 Å². The van der Waals surface area contributed by atoms with Crippen molar-refractivity contribution >= 4 is 32.1 Å². The van der Waals surface area contributed by atoms with Gasteiger partial charge in [-0.2, -0.15) is 26.7 Å². The van der Waals surface area contributed by atoms with Gasteiger partial charge in [0.25, 0.3) is 10.1 Å². The van der Waals surface area contributed by atoms with Crippen LogP contribution in [0.15, 0.2) is 53.6 Å². The van der Waals surface area contributed by atoms with E-state index in [0.717, 1.165) is 12.1 Å². The van der Waals surface area contributed by atoms with Crippen LogP contribution in [0, 0.1) is 0 Å². The van der Waals surface area contributed by atoms with E-state index in [4.69, 9.17) is 0 Å². The van der Waals surface area contributed by atoms with E-state index in [-0.39, 0.29) is 4.90 Å². The average molecular weight is 395 g/mol. The maximum absolute atomic E-state index is 12.8. The molecule has 2 aromatic heterocycles. The summed E-state index contributed by atoms with van der Waals surface area (Å²) in [4.78, 5) is -0.273. The molecular formula is C17H12F3N3O3S. The standard InChI is InChI=1S/C17H12F3N3O3S/c1-22-9-14-13-8-12(27(24,25)26)6-7-15(13)23(16(14)21-22)11-4-2-10(3-5-11)17(18,19)20/h2-9H,1H3,(H,24,25,26). The highest BCUT2D eigenvalue weighted by atomic mass is 32.2. The van der Waals surface area contributed by atoms with Gasteiger partial charge < -0.3 is 0 Å². The number of nitrogens with zero attached hydrogens (tertiary/aromatic N) is 3. The summed E-state index contributed by atoms with van der Waals surface area (Å²) in [5.41, 5.74) is 0.690. The Hall–Kier alpha value is -2.85. The second-order valence-electron chi connectivity index (χ2n) is 6.07. The molecule has 0 bridgehead atoms. The van der Waals surface area contributed by atoms with Gasteiger partial charge in [-0.25, -0.2) is 0 Å². The molecule has 4 aromatic rings. The average Bonchev–Trinajstić information content (AvgIpc) is 3.07. The topological polar surface area (TPSA) is 77.1 Å². The molecule has 140 valence electrons. The van der Waals surface area contributed by atoms with Gasteiger partial charge in [0.2, 0.25) is 0 Å². The first-order chi connectivity index (χ1) is 12.6. The summed E-state index contributed by atoms with van der Waals surface area (Å²) in [5, 5.41) is 5.45. The molecule has 0 saturated heterocycles. The summed E-state index contributed by atoms with van der Waals surface area (Å²) in [6.45, 7) is 0. The number of aromatic nitrogens is 3. The second kappa shape index (κ2) is 5.57. The molecule has 0 aliphatic rings. The fraction of sp³-hybridized carbons (Fsp3) is 0.118. The largest absolute Gasteiger partial charge is 0.416 e. The highest BCUT2D eigenvalue weighted by Crippen LogP contribution is 2.34. The molecule has 2 aromatic carbocycles. The van der Waals surface area contributed by atoms with E-state index in [9.17, 15) is 26.1 Å². The van der Waals surface area contributed by atoms with Crippen LogP contribution in [0.4, 0.5) is 13.2 Å². The number of alkyl halides is 3. The minimum Gasteiger partial charge on any atom is -0.292 e. The van der Waals surface area contributed by atoms with E-state index in [1.165, 1.54) is 35.0 Å². The van der Waals surface area contributed by atoms with Crippen molar-refractivity contribution in [1.82, 2.24) is 14.3 Å².